The molecule has 6 heteroatoms. The first-order valence-electron chi connectivity index (χ1n) is 9.16. The Kier molecular flexibility index (Phi) is 5.23. The second-order valence-corrected chi connectivity index (χ2v) is 7.99. The lowest BCUT2D eigenvalue weighted by atomic mass is 9.92. The molecule has 0 aliphatic rings. The molecule has 0 radical (unpaired) electrons. The highest BCUT2D eigenvalue weighted by atomic mass is 16.5. The first-order valence-corrected chi connectivity index (χ1v) is 9.16. The van der Waals surface area contributed by atoms with E-state index in [0.29, 0.717) is 40.3 Å². The van der Waals surface area contributed by atoms with Crippen LogP contribution in [0.1, 0.15) is 33.0 Å². The van der Waals surface area contributed by atoms with Crippen LogP contribution in [0.25, 0.3) is 16.6 Å². The Labute approximate surface area is 164 Å². The lowest BCUT2D eigenvalue weighted by molar-refractivity contribution is -0.117. The fourth-order valence-electron chi connectivity index (χ4n) is 3.15. The van der Waals surface area contributed by atoms with Crippen molar-refractivity contribution in [2.24, 2.45) is 5.41 Å². The molecule has 0 spiro atoms. The minimum Gasteiger partial charge on any atom is -0.494 e. The van der Waals surface area contributed by atoms with Crippen LogP contribution in [0.5, 0.6) is 5.75 Å². The van der Waals surface area contributed by atoms with E-state index >= 15 is 0 Å². The summed E-state index contributed by atoms with van der Waals surface area (Å²) < 4.78 is 7.00. The number of hydrogen-bond donors (Lipinski definition) is 1. The van der Waals surface area contributed by atoms with Crippen LogP contribution in [0.15, 0.2) is 47.3 Å². The Hall–Kier alpha value is -3.15. The van der Waals surface area contributed by atoms with Crippen molar-refractivity contribution >= 4 is 22.5 Å². The van der Waals surface area contributed by atoms with Gasteiger partial charge in [0.1, 0.15) is 11.6 Å². The molecule has 1 heterocycles. The molecular weight excluding hydrogens is 354 g/mol. The number of aryl methyl sites for hydroxylation is 1. The molecule has 0 aliphatic heterocycles. The number of anilines is 1. The van der Waals surface area contributed by atoms with Crippen LogP contribution in [-0.2, 0) is 4.79 Å². The molecule has 6 nitrogen and oxygen atoms in total. The number of ether oxygens (including phenoxy) is 1. The first-order chi connectivity index (χ1) is 13.2. The van der Waals surface area contributed by atoms with Gasteiger partial charge < -0.3 is 10.1 Å². The predicted octanol–water partition coefficient (Wildman–Crippen LogP) is 4.08. The number of carbonyl (C=O) groups excluding carboxylic acids is 1. The molecule has 28 heavy (non-hydrogen) atoms. The van der Waals surface area contributed by atoms with E-state index in [1.54, 1.807) is 35.8 Å². The minimum atomic E-state index is -0.144. The van der Waals surface area contributed by atoms with Gasteiger partial charge in [0.05, 0.1) is 29.4 Å². The van der Waals surface area contributed by atoms with Crippen molar-refractivity contribution in [2.45, 2.75) is 34.1 Å². The van der Waals surface area contributed by atoms with Gasteiger partial charge in [-0.15, -0.1) is 0 Å². The highest BCUT2D eigenvalue weighted by Gasteiger charge is 2.18. The summed E-state index contributed by atoms with van der Waals surface area (Å²) >= 11 is 0. The summed E-state index contributed by atoms with van der Waals surface area (Å²) in [6.07, 6.45) is 0.394. The Bertz CT molecular complexity index is 1090. The van der Waals surface area contributed by atoms with Gasteiger partial charge >= 0.3 is 0 Å². The van der Waals surface area contributed by atoms with E-state index in [4.69, 9.17) is 4.74 Å². The van der Waals surface area contributed by atoms with Crippen LogP contribution in [0.4, 0.5) is 5.69 Å². The third-order valence-electron chi connectivity index (χ3n) is 4.35. The molecule has 0 fully saturated rings. The number of carbonyl (C=O) groups is 1. The molecule has 0 saturated heterocycles. The molecule has 0 unspecified atom stereocenters. The second-order valence-electron chi connectivity index (χ2n) is 7.99. The molecule has 3 aromatic rings. The number of hydrogen-bond acceptors (Lipinski definition) is 4. The Balaban J connectivity index is 2.02. The van der Waals surface area contributed by atoms with Crippen molar-refractivity contribution in [1.29, 1.82) is 0 Å². The maximum atomic E-state index is 13.0. The van der Waals surface area contributed by atoms with E-state index in [1.807, 2.05) is 39.0 Å². The van der Waals surface area contributed by atoms with Crippen molar-refractivity contribution < 1.29 is 9.53 Å². The van der Waals surface area contributed by atoms with E-state index in [2.05, 4.69) is 10.3 Å². The van der Waals surface area contributed by atoms with Crippen molar-refractivity contribution in [3.8, 4) is 11.4 Å². The zero-order valence-corrected chi connectivity index (χ0v) is 16.9. The Morgan fingerprint density at radius 2 is 1.89 bits per heavy atom. The van der Waals surface area contributed by atoms with Gasteiger partial charge in [0.2, 0.25) is 5.91 Å². The number of nitrogens with one attached hydrogen (secondary N) is 1. The maximum absolute atomic E-state index is 13.0. The fraction of sp³-hybridized carbons (Fsp3) is 0.318. The quantitative estimate of drug-likeness (QED) is 0.741. The lowest BCUT2D eigenvalue weighted by Crippen LogP contribution is -2.22. The van der Waals surface area contributed by atoms with E-state index in [-0.39, 0.29) is 16.9 Å². The number of para-hydroxylation sites is 1. The van der Waals surface area contributed by atoms with Gasteiger partial charge in [0, 0.05) is 12.5 Å². The van der Waals surface area contributed by atoms with Gasteiger partial charge in [-0.3, -0.25) is 14.2 Å². The summed E-state index contributed by atoms with van der Waals surface area (Å²) in [6.45, 7) is 7.82. The van der Waals surface area contributed by atoms with Gasteiger partial charge in [-0.1, -0.05) is 32.9 Å². The SMILES string of the molecule is COc1cc(-n2c(C)nc3ccccc3c2=O)ccc1NC(=O)CC(C)(C)C. The van der Waals surface area contributed by atoms with Crippen LogP contribution in [0.3, 0.4) is 0 Å². The average molecular weight is 379 g/mol. The molecule has 1 aromatic heterocycles. The number of nitrogens with zero attached hydrogens (tertiary/aromatic N) is 2. The van der Waals surface area contributed by atoms with Gasteiger partial charge in [0.25, 0.3) is 5.56 Å². The van der Waals surface area contributed by atoms with Gasteiger partial charge in [0.15, 0.2) is 0 Å². The number of benzene rings is 2. The fourth-order valence-corrected chi connectivity index (χ4v) is 3.15. The molecule has 0 atom stereocenters. The summed E-state index contributed by atoms with van der Waals surface area (Å²) in [7, 11) is 1.53. The number of aromatic nitrogens is 2. The van der Waals surface area contributed by atoms with Crippen molar-refractivity contribution in [3.63, 3.8) is 0 Å². The molecule has 2 aromatic carbocycles. The number of rotatable bonds is 4. The Morgan fingerprint density at radius 1 is 1.18 bits per heavy atom. The van der Waals surface area contributed by atoms with Crippen LogP contribution in [0.2, 0.25) is 0 Å². The lowest BCUT2D eigenvalue weighted by Gasteiger charge is -2.19. The monoisotopic (exact) mass is 379 g/mol. The molecule has 0 aliphatic carbocycles. The molecule has 0 bridgehead atoms. The summed E-state index contributed by atoms with van der Waals surface area (Å²) in [5.41, 5.74) is 1.61. The van der Waals surface area contributed by atoms with Crippen LogP contribution in [-0.4, -0.2) is 22.6 Å². The highest BCUT2D eigenvalue weighted by molar-refractivity contribution is 5.92. The van der Waals surface area contributed by atoms with E-state index < -0.39 is 0 Å². The van der Waals surface area contributed by atoms with Crippen LogP contribution in [0, 0.1) is 12.3 Å². The highest BCUT2D eigenvalue weighted by Crippen LogP contribution is 2.29. The molecule has 1 N–H and O–H groups in total. The molecule has 3 rings (SSSR count). The molecular formula is C22H25N3O3. The zero-order valence-electron chi connectivity index (χ0n) is 16.9. The smallest absolute Gasteiger partial charge is 0.265 e. The molecule has 146 valence electrons. The van der Waals surface area contributed by atoms with Gasteiger partial charge in [-0.2, -0.15) is 0 Å². The summed E-state index contributed by atoms with van der Waals surface area (Å²) in [4.78, 5) is 29.8. The number of methoxy groups -OCH3 is 1. The van der Waals surface area contributed by atoms with Crippen LogP contribution >= 0.6 is 0 Å². The predicted molar refractivity (Wildman–Crippen MR) is 111 cm³/mol. The third-order valence-corrected chi connectivity index (χ3v) is 4.35. The van der Waals surface area contributed by atoms with Gasteiger partial charge in [-0.05, 0) is 36.6 Å². The normalized spacial score (nSPS) is 11.5. The van der Waals surface area contributed by atoms with Crippen molar-refractivity contribution in [3.05, 3.63) is 58.6 Å². The van der Waals surface area contributed by atoms with E-state index in [0.717, 1.165) is 0 Å². The van der Waals surface area contributed by atoms with E-state index in [9.17, 15) is 9.59 Å². The second kappa shape index (κ2) is 7.46. The summed E-state index contributed by atoms with van der Waals surface area (Å²) in [5.74, 6) is 0.980. The zero-order chi connectivity index (χ0) is 20.5. The first kappa shape index (κ1) is 19.6. The molecule has 0 saturated carbocycles. The third kappa shape index (κ3) is 4.06. The van der Waals surface area contributed by atoms with Gasteiger partial charge in [-0.25, -0.2) is 4.98 Å². The topological polar surface area (TPSA) is 73.2 Å². The molecule has 1 amide bonds. The van der Waals surface area contributed by atoms with Crippen molar-refractivity contribution in [1.82, 2.24) is 9.55 Å². The standard InChI is InChI=1S/C22H25N3O3/c1-14-23-17-9-7-6-8-16(17)21(27)25(14)15-10-11-18(19(12-15)28-5)24-20(26)13-22(2,3)4/h6-12H,13H2,1-5H3,(H,24,26). The van der Waals surface area contributed by atoms with Crippen molar-refractivity contribution in [2.75, 3.05) is 12.4 Å². The number of amides is 1. The maximum Gasteiger partial charge on any atom is 0.265 e. The summed E-state index contributed by atoms with van der Waals surface area (Å²) in [5, 5.41) is 3.44. The van der Waals surface area contributed by atoms with E-state index in [1.165, 1.54) is 7.11 Å². The average Bonchev–Trinajstić information content (AvgIpc) is 2.61. The Morgan fingerprint density at radius 3 is 2.57 bits per heavy atom. The van der Waals surface area contributed by atoms with Crippen LogP contribution < -0.4 is 15.6 Å². The largest absolute Gasteiger partial charge is 0.494 e. The minimum absolute atomic E-state index is 0.0840. The summed E-state index contributed by atoms with van der Waals surface area (Å²) in [6, 6.07) is 12.5. The number of fused-ring (bicyclic) bond motifs is 1.